The van der Waals surface area contributed by atoms with E-state index in [0.29, 0.717) is 78.4 Å². The molecule has 822 valence electrons. The van der Waals surface area contributed by atoms with E-state index in [1.54, 1.807) is 23.2 Å². The second-order valence-corrected chi connectivity index (χ2v) is 36.6. The number of nitrogens with zero attached hydrogens (tertiary/aromatic N) is 14. The maximum Gasteiger partial charge on any atom is 0.388 e. The fourth-order valence-electron chi connectivity index (χ4n) is 16.2. The highest BCUT2D eigenvalue weighted by atomic mass is 15.2. The molecule has 1 aromatic carbocycles. The Labute approximate surface area is 858 Å². The van der Waals surface area contributed by atoms with Crippen molar-refractivity contribution in [2.45, 2.75) is 263 Å². The van der Waals surface area contributed by atoms with Crippen LogP contribution in [0.3, 0.4) is 0 Å². The van der Waals surface area contributed by atoms with Crippen molar-refractivity contribution in [3.05, 3.63) is 54.6 Å². The lowest BCUT2D eigenvalue weighted by atomic mass is 9.53. The number of rotatable bonds is 11. The van der Waals surface area contributed by atoms with Crippen LogP contribution in [0.1, 0.15) is 216 Å². The third-order valence-electron chi connectivity index (χ3n) is 21.5. The number of allylic oxidation sites excluding steroid dienone is 2. The van der Waals surface area contributed by atoms with Crippen molar-refractivity contribution in [1.29, 1.82) is 0 Å². The van der Waals surface area contributed by atoms with Gasteiger partial charge in [-0.3, -0.25) is 117 Å². The van der Waals surface area contributed by atoms with Crippen LogP contribution in [0.5, 0.6) is 0 Å². The zero-order chi connectivity index (χ0) is 111. The van der Waals surface area contributed by atoms with Crippen LogP contribution >= 0.6 is 0 Å². The lowest BCUT2D eigenvalue weighted by molar-refractivity contribution is -0.576. The molecule has 0 radical (unpaired) electrons. The Bertz CT molecular complexity index is 4800. The molecule has 11 rings (SSSR count). The van der Waals surface area contributed by atoms with E-state index in [0.717, 1.165) is 106 Å². The quantitative estimate of drug-likeness (QED) is 0.0423. The zero-order valence-corrected chi connectivity index (χ0v) is 87.8. The molecule has 10 aliphatic rings. The van der Waals surface area contributed by atoms with Crippen molar-refractivity contribution in [2.75, 3.05) is 40.8 Å². The number of guanidine groups is 24. The molecule has 146 heavy (non-hydrogen) atoms. The molecule has 6 bridgehead atoms. The molecule has 0 aliphatic heterocycles. The number of fused-ring (bicyclic) bond motifs is 2. The molecule has 60 heteroatoms. The van der Waals surface area contributed by atoms with Crippen molar-refractivity contribution >= 4 is 149 Å². The monoisotopic (exact) mass is 2060 g/mol. The highest BCUT2D eigenvalue weighted by molar-refractivity contribution is 5.95. The molecule has 0 saturated heterocycles. The van der Waals surface area contributed by atoms with Gasteiger partial charge in [0, 0.05) is 0 Å². The van der Waals surface area contributed by atoms with Gasteiger partial charge in [-0.2, -0.15) is 0 Å². The fraction of sp³-hybridized carbons (Fsp3) is 0.605. The molecule has 8 saturated carbocycles. The van der Waals surface area contributed by atoms with E-state index in [1.165, 1.54) is 103 Å². The summed E-state index contributed by atoms with van der Waals surface area (Å²) in [5, 5.41) is 2.97. The fourth-order valence-corrected chi connectivity index (χ4v) is 16.2. The molecule has 0 aromatic heterocycles. The Balaban J connectivity index is 0. The first-order chi connectivity index (χ1) is 68.3. The SMILES string of the molecule is CC(C)(C)[NH+]=C(N)N=C(N)N.CC(C)[N+](C)=C(N)N=C(N)N.CCNC(N=C(N)N)=[NH+]CC.CC[NH+]=C(N)N=C(N)N.C[N+](C)=C(N)N=C(N)N.NC(=Nc1ccccc1)[NH+]=C(N)N.NC(N)=NC(N)=[NH+]C12CC3CC(CC(C3)C1)C2.NC(N)=NC(N)=[NH+]C1C=CCCC1.NC(N)=NC(N)=[NH+]C1CC2CCC1C2.NC(N)=NC(N)=[NH+]C1CC=CCC1.NC(N)=NC(N)=[NH+]C1CCCC1.NC(N)=NC(N)=[NH+]C1CCCCC1. The van der Waals surface area contributed by atoms with Crippen LogP contribution in [0.15, 0.2) is 115 Å². The van der Waals surface area contributed by atoms with Crippen LogP contribution < -0.4 is 256 Å². The summed E-state index contributed by atoms with van der Waals surface area (Å²) < 4.78 is 3.39. The molecule has 81 N–H and O–H groups in total. The average molecular weight is 2060 g/mol. The summed E-state index contributed by atoms with van der Waals surface area (Å²) in [6.45, 7) is 18.0. The minimum atomic E-state index is -0.122. The van der Waals surface area contributed by atoms with Gasteiger partial charge in [0.05, 0.1) is 88.1 Å². The highest BCUT2D eigenvalue weighted by Crippen LogP contribution is 2.54. The minimum Gasteiger partial charge on any atom is -0.356 e. The Morgan fingerprint density at radius 2 is 0.801 bits per heavy atom. The van der Waals surface area contributed by atoms with Gasteiger partial charge < -0.3 is 143 Å². The maximum atomic E-state index is 5.85. The minimum absolute atomic E-state index is 0.000749. The van der Waals surface area contributed by atoms with Crippen molar-refractivity contribution in [3.63, 3.8) is 0 Å². The third kappa shape index (κ3) is 71.1. The predicted molar refractivity (Wildman–Crippen MR) is 592 cm³/mol. The normalized spacial score (nSPS) is 20.9. The van der Waals surface area contributed by atoms with E-state index in [9.17, 15) is 0 Å². The van der Waals surface area contributed by atoms with Crippen LogP contribution in [-0.2, 0) is 0 Å². The number of benzene rings is 1. The van der Waals surface area contributed by atoms with E-state index >= 15 is 0 Å². The first kappa shape index (κ1) is 132. The molecule has 0 amide bonds. The van der Waals surface area contributed by atoms with Crippen molar-refractivity contribution in [1.82, 2.24) is 5.32 Å². The van der Waals surface area contributed by atoms with Gasteiger partial charge in [0.25, 0.3) is 71.5 Å². The van der Waals surface area contributed by atoms with Gasteiger partial charge in [-0.05, 0) is 293 Å². The molecule has 0 heterocycles. The number of aliphatic imine (C=N–C) groups is 12. The van der Waals surface area contributed by atoms with Gasteiger partial charge in [0.1, 0.15) is 5.69 Å². The second-order valence-electron chi connectivity index (χ2n) is 36.6. The van der Waals surface area contributed by atoms with Crippen LogP contribution in [0.25, 0.3) is 0 Å². The van der Waals surface area contributed by atoms with Crippen LogP contribution in [-0.4, -0.2) is 240 Å². The molecule has 0 spiro atoms. The van der Waals surface area contributed by atoms with Crippen molar-refractivity contribution in [3.8, 4) is 0 Å². The Morgan fingerprint density at radius 1 is 0.390 bits per heavy atom. The van der Waals surface area contributed by atoms with E-state index in [-0.39, 0.29) is 119 Å². The molecule has 60 nitrogen and oxygen atoms in total. The molecule has 1 aromatic rings. The molecule has 5 atom stereocenters. The predicted octanol–water partition coefficient (Wildman–Crippen LogP) is -26.5. The maximum absolute atomic E-state index is 5.85. The van der Waals surface area contributed by atoms with Gasteiger partial charge in [-0.15, -0.1) is 4.99 Å². The second kappa shape index (κ2) is 72.8. The molecular formula is C86H190N60+12. The lowest BCUT2D eigenvalue weighted by Crippen LogP contribution is -2.91. The summed E-state index contributed by atoms with van der Waals surface area (Å²) in [6.07, 6.45) is 39.2. The number of nitrogens with one attached hydrogen (secondary N) is 11. The molecule has 5 unspecified atom stereocenters. The van der Waals surface area contributed by atoms with Gasteiger partial charge >= 0.3 is 71.5 Å². The molecule has 8 fully saturated rings. The first-order valence-electron chi connectivity index (χ1n) is 48.3. The van der Waals surface area contributed by atoms with Gasteiger partial charge in [-0.1, -0.05) is 61.8 Å². The Hall–Kier alpha value is -16.4. The summed E-state index contributed by atoms with van der Waals surface area (Å²) in [6, 6.07) is 11.5. The standard InChI is InChI=1S/C12H21N5.C9H17N5.C8H17N5.2C8H15N5.C8H11N5.C7H15N5.3C6H15N5.2C4H11N5/c13-10(14)16-11(15)17-12-4-7-1-8(5-12)3-9(2-7)6-12;10-8(11)14-9(12)13-7-4-5-1-2-6(7)3-5;4*9-7(10)13-8(11)12-6-4-2-1-3-5-6;8-6(9)12-7(10)11-5-3-1-2-4-5;1-6(2,3)11-5(9)10-4(7)8;1-4(2)11(3)6(9)10-5(7)8;1-3-9-6(10-4-2)11-5(7)8;1-9(2)4(7)8-3(5)6;1-2-8-4(7)9-3(5)6/h7-9H,1-6H2,(H6,13,14,15,16,17);5-7H,1-4H2,(H6,10,11,12,13,14);6H,1-5H2,(H6,9,10,11,12,13);2,4,6H,1,3,5H2,(H6,9,10,11,12,13);1-2,6H,3-5H2,(H6,9,10,11,12,13);1-5H,(H6,9,10,11,12,13);5H,1-4H2,(H6,8,9,10,11,12);1-3H3,(H6,7,8,9,10,11);4H,1-3H3,(H5,7,8,9,10);3-4H2,1-2H3,(H5,7,8,9,10,11);1-2H3,(H5,5,6,7,8);2H2,1H3,(H6,5,6,7,8,9)/p+12. The number of para-hydroxylation sites is 1. The number of nitrogens with two attached hydrogens (primary N) is 35. The Morgan fingerprint density at radius 3 is 1.16 bits per heavy atom. The van der Waals surface area contributed by atoms with Gasteiger partial charge in [-0.25, -0.2) is 4.99 Å². The summed E-state index contributed by atoms with van der Waals surface area (Å²) in [7, 11) is 5.33. The van der Waals surface area contributed by atoms with Crippen molar-refractivity contribution in [2.24, 2.45) is 290 Å². The lowest BCUT2D eigenvalue weighted by Gasteiger charge is -2.54. The van der Waals surface area contributed by atoms with Gasteiger partial charge in [0.2, 0.25) is 0 Å². The summed E-state index contributed by atoms with van der Waals surface area (Å²) in [5.41, 5.74) is 185. The summed E-state index contributed by atoms with van der Waals surface area (Å²) in [4.78, 5) is 74.6. The smallest absolute Gasteiger partial charge is 0.356 e. The largest absolute Gasteiger partial charge is 0.388 e. The van der Waals surface area contributed by atoms with Crippen LogP contribution in [0, 0.1) is 29.6 Å². The van der Waals surface area contributed by atoms with Crippen molar-refractivity contribution < 1.29 is 59.1 Å². The summed E-state index contributed by atoms with van der Waals surface area (Å²) >= 11 is 0. The van der Waals surface area contributed by atoms with E-state index in [2.05, 4.69) is 139 Å². The van der Waals surface area contributed by atoms with Crippen LogP contribution in [0.4, 0.5) is 5.69 Å². The number of hydrogen-bond donors (Lipinski definition) is 46. The van der Waals surface area contributed by atoms with E-state index in [1.807, 2.05) is 92.8 Å². The van der Waals surface area contributed by atoms with E-state index in [4.69, 9.17) is 201 Å². The molecular weight excluding hydrogens is 1870 g/mol. The summed E-state index contributed by atoms with van der Waals surface area (Å²) in [5.74, 6) is 8.15. The van der Waals surface area contributed by atoms with E-state index < -0.39 is 0 Å². The number of hydrogen-bond acceptors (Lipinski definition) is 1. The van der Waals surface area contributed by atoms with Gasteiger partial charge in [0.15, 0.2) is 0 Å². The zero-order valence-electron chi connectivity index (χ0n) is 87.8. The first-order valence-corrected chi connectivity index (χ1v) is 48.3. The van der Waals surface area contributed by atoms with Crippen LogP contribution in [0.2, 0.25) is 0 Å². The average Bonchev–Trinajstić information content (AvgIpc) is 0.918. The highest BCUT2D eigenvalue weighted by Gasteiger charge is 2.52. The Kier molecular flexibility index (Phi) is 65.6. The topological polar surface area (TPSA) is 1220 Å². The molecule has 10 aliphatic carbocycles. The third-order valence-corrected chi connectivity index (χ3v) is 21.5.